The smallest absolute Gasteiger partial charge is 0.252 e. The molecule has 0 spiro atoms. The summed E-state index contributed by atoms with van der Waals surface area (Å²) >= 11 is 5.27. The van der Waals surface area contributed by atoms with Gasteiger partial charge < -0.3 is 20.9 Å². The number of benzene rings is 1. The van der Waals surface area contributed by atoms with Crippen LogP contribution in [0.15, 0.2) is 34.9 Å². The van der Waals surface area contributed by atoms with Crippen molar-refractivity contribution >= 4 is 86.4 Å². The number of hydrogen-bond acceptors (Lipinski definition) is 7. The Morgan fingerprint density at radius 1 is 1.19 bits per heavy atom. The lowest BCUT2D eigenvalue weighted by molar-refractivity contribution is 0.0952. The maximum Gasteiger partial charge on any atom is 0.252 e. The van der Waals surface area contributed by atoms with E-state index >= 15 is 0 Å². The molecular formula is C25H34BrCl3N6OS. The average Bonchev–Trinajstić information content (AvgIpc) is 3.50. The lowest BCUT2D eigenvalue weighted by Gasteiger charge is -2.36. The second-order valence-corrected chi connectivity index (χ2v) is 11.4. The van der Waals surface area contributed by atoms with Crippen molar-refractivity contribution in [2.75, 3.05) is 31.5 Å². The minimum Gasteiger partial charge on any atom is -0.354 e. The molecule has 7 nitrogen and oxygen atoms in total. The first-order valence-corrected chi connectivity index (χ1v) is 13.7. The number of rotatable bonds is 8. The van der Waals surface area contributed by atoms with Crippen molar-refractivity contribution in [1.29, 1.82) is 0 Å². The molecule has 1 saturated heterocycles. The Balaban J connectivity index is 0.00000160. The number of nitrogens with one attached hydrogen (secondary N) is 3. The van der Waals surface area contributed by atoms with E-state index in [-0.39, 0.29) is 43.1 Å². The van der Waals surface area contributed by atoms with Crippen LogP contribution in [0, 0.1) is 0 Å². The van der Waals surface area contributed by atoms with Crippen LogP contribution in [-0.4, -0.2) is 65.1 Å². The number of carbonyl (C=O) groups excluding carboxylic acids is 1. The molecule has 5 rings (SSSR count). The van der Waals surface area contributed by atoms with Gasteiger partial charge in [0.15, 0.2) is 0 Å². The molecule has 1 amide bonds. The highest BCUT2D eigenvalue weighted by Crippen LogP contribution is 2.37. The maximum atomic E-state index is 12.7. The van der Waals surface area contributed by atoms with Gasteiger partial charge in [-0.05, 0) is 73.8 Å². The number of piperazine rings is 1. The number of hydrogen-bond donors (Lipinski definition) is 3. The molecule has 0 radical (unpaired) electrons. The van der Waals surface area contributed by atoms with Crippen LogP contribution in [0.2, 0.25) is 0 Å². The first kappa shape index (κ1) is 32.0. The predicted octanol–water partition coefficient (Wildman–Crippen LogP) is 5.76. The van der Waals surface area contributed by atoms with Crippen molar-refractivity contribution in [2.45, 2.75) is 51.2 Å². The molecule has 1 saturated carbocycles. The SMILES string of the molecule is C[C@@H]1CN(CCCNc2ncc(Br)c(-c3cc4c(C(=O)NC5CC5)cccc4s3)n2)C[C@H](C)N1.Cl.Cl.Cl. The summed E-state index contributed by atoms with van der Waals surface area (Å²) in [5.41, 5.74) is 1.57. The number of halogens is 4. The molecule has 2 aliphatic rings. The molecule has 37 heavy (non-hydrogen) atoms. The molecule has 3 aromatic rings. The standard InChI is InChI=1S/C25H31BrN6OS.3ClH/c1-15-13-32(14-16(2)29-15)10-4-9-27-25-28-12-20(26)23(31-25)22-11-19-18(5-3-6-21(19)34-22)24(33)30-17-7-8-17;;;/h3,5-6,11-12,15-17,29H,4,7-10,13-14H2,1-2H3,(H,30,33)(H,27,28,31);3*1H/t15-,16+;;;. The van der Waals surface area contributed by atoms with Crippen LogP contribution in [0.1, 0.15) is 43.5 Å². The molecule has 0 unspecified atom stereocenters. The number of aromatic nitrogens is 2. The fourth-order valence-corrected chi connectivity index (χ4v) is 6.24. The molecule has 204 valence electrons. The van der Waals surface area contributed by atoms with Crippen molar-refractivity contribution in [3.05, 3.63) is 40.5 Å². The van der Waals surface area contributed by atoms with E-state index < -0.39 is 0 Å². The average molecular weight is 653 g/mol. The Bertz CT molecular complexity index is 1180. The van der Waals surface area contributed by atoms with E-state index in [0.29, 0.717) is 24.1 Å². The molecule has 2 aromatic heterocycles. The summed E-state index contributed by atoms with van der Waals surface area (Å²) in [5.74, 6) is 0.638. The molecule has 12 heteroatoms. The van der Waals surface area contributed by atoms with Crippen LogP contribution in [0.5, 0.6) is 0 Å². The van der Waals surface area contributed by atoms with Crippen LogP contribution >= 0.6 is 64.5 Å². The second-order valence-electron chi connectivity index (χ2n) is 9.47. The zero-order valence-electron chi connectivity index (χ0n) is 20.8. The lowest BCUT2D eigenvalue weighted by Crippen LogP contribution is -2.54. The van der Waals surface area contributed by atoms with Crippen molar-refractivity contribution < 1.29 is 4.79 Å². The summed E-state index contributed by atoms with van der Waals surface area (Å²) in [7, 11) is 0. The number of carbonyl (C=O) groups is 1. The number of anilines is 1. The van der Waals surface area contributed by atoms with E-state index in [9.17, 15) is 4.79 Å². The number of thiophene rings is 1. The first-order valence-electron chi connectivity index (χ1n) is 12.0. The molecular weight excluding hydrogens is 619 g/mol. The molecule has 1 aliphatic carbocycles. The van der Waals surface area contributed by atoms with Crippen molar-refractivity contribution in [3.63, 3.8) is 0 Å². The lowest BCUT2D eigenvalue weighted by atomic mass is 10.1. The summed E-state index contributed by atoms with van der Waals surface area (Å²) in [6.07, 6.45) is 4.99. The summed E-state index contributed by atoms with van der Waals surface area (Å²) < 4.78 is 1.93. The minimum absolute atomic E-state index is 0. The van der Waals surface area contributed by atoms with Crippen LogP contribution in [0.25, 0.3) is 20.7 Å². The normalized spacial score (nSPS) is 19.3. The van der Waals surface area contributed by atoms with Gasteiger partial charge in [-0.25, -0.2) is 9.97 Å². The highest BCUT2D eigenvalue weighted by atomic mass is 79.9. The van der Waals surface area contributed by atoms with Gasteiger partial charge in [-0.2, -0.15) is 0 Å². The van der Waals surface area contributed by atoms with E-state index in [0.717, 1.165) is 76.1 Å². The third-order valence-corrected chi connectivity index (χ3v) is 7.95. The Morgan fingerprint density at radius 3 is 2.62 bits per heavy atom. The fourth-order valence-electron chi connectivity index (χ4n) is 4.62. The molecule has 0 bridgehead atoms. The summed E-state index contributed by atoms with van der Waals surface area (Å²) in [6, 6.07) is 9.40. The molecule has 3 heterocycles. The van der Waals surface area contributed by atoms with Gasteiger partial charge in [0.25, 0.3) is 5.91 Å². The summed E-state index contributed by atoms with van der Waals surface area (Å²) in [4.78, 5) is 25.5. The second kappa shape index (κ2) is 14.3. The van der Waals surface area contributed by atoms with Gasteiger partial charge in [-0.15, -0.1) is 48.6 Å². The number of nitrogens with zero attached hydrogens (tertiary/aromatic N) is 3. The van der Waals surface area contributed by atoms with Crippen molar-refractivity contribution in [3.8, 4) is 10.6 Å². The predicted molar refractivity (Wildman–Crippen MR) is 164 cm³/mol. The van der Waals surface area contributed by atoms with Gasteiger partial charge in [0.05, 0.1) is 9.35 Å². The summed E-state index contributed by atoms with van der Waals surface area (Å²) in [6.45, 7) is 8.56. The van der Waals surface area contributed by atoms with Gasteiger partial charge in [0.1, 0.15) is 5.69 Å². The quantitative estimate of drug-likeness (QED) is 0.269. The van der Waals surface area contributed by atoms with Crippen LogP contribution in [0.4, 0.5) is 5.95 Å². The molecule has 2 fully saturated rings. The van der Waals surface area contributed by atoms with Crippen LogP contribution < -0.4 is 16.0 Å². The zero-order chi connectivity index (χ0) is 23.7. The van der Waals surface area contributed by atoms with Crippen LogP contribution in [0.3, 0.4) is 0 Å². The minimum atomic E-state index is 0. The first-order chi connectivity index (χ1) is 16.5. The van der Waals surface area contributed by atoms with E-state index in [2.05, 4.69) is 67.7 Å². The third-order valence-electron chi connectivity index (χ3n) is 6.26. The highest BCUT2D eigenvalue weighted by molar-refractivity contribution is 9.10. The van der Waals surface area contributed by atoms with E-state index in [1.807, 2.05) is 12.1 Å². The van der Waals surface area contributed by atoms with Crippen molar-refractivity contribution in [2.24, 2.45) is 0 Å². The fraction of sp³-hybridized carbons (Fsp3) is 0.480. The Morgan fingerprint density at radius 2 is 1.92 bits per heavy atom. The van der Waals surface area contributed by atoms with Gasteiger partial charge >= 0.3 is 0 Å². The van der Waals surface area contributed by atoms with Crippen LogP contribution in [-0.2, 0) is 0 Å². The van der Waals surface area contributed by atoms with E-state index in [1.54, 1.807) is 17.5 Å². The summed E-state index contributed by atoms with van der Waals surface area (Å²) in [5, 5.41) is 11.0. The van der Waals surface area contributed by atoms with Crippen molar-refractivity contribution in [1.82, 2.24) is 25.5 Å². The number of amides is 1. The maximum absolute atomic E-state index is 12.7. The topological polar surface area (TPSA) is 82.2 Å². The molecule has 2 atom stereocenters. The highest BCUT2D eigenvalue weighted by Gasteiger charge is 2.25. The molecule has 3 N–H and O–H groups in total. The monoisotopic (exact) mass is 650 g/mol. The Labute approximate surface area is 249 Å². The van der Waals surface area contributed by atoms with Gasteiger partial charge in [0.2, 0.25) is 5.95 Å². The van der Waals surface area contributed by atoms with E-state index in [1.165, 1.54) is 0 Å². The van der Waals surface area contributed by atoms with Gasteiger partial charge in [0, 0.05) is 59.6 Å². The third kappa shape index (κ3) is 8.14. The Kier molecular flexibility index (Phi) is 12.3. The van der Waals surface area contributed by atoms with Gasteiger partial charge in [-0.3, -0.25) is 4.79 Å². The Hall–Kier alpha value is -1.20. The van der Waals surface area contributed by atoms with E-state index in [4.69, 9.17) is 4.98 Å². The number of fused-ring (bicyclic) bond motifs is 1. The molecule has 1 aliphatic heterocycles. The largest absolute Gasteiger partial charge is 0.354 e. The zero-order valence-corrected chi connectivity index (χ0v) is 25.7. The molecule has 1 aromatic carbocycles. The van der Waals surface area contributed by atoms with Gasteiger partial charge in [-0.1, -0.05) is 6.07 Å².